The highest BCUT2D eigenvalue weighted by molar-refractivity contribution is 7.93. The Morgan fingerprint density at radius 2 is 1.86 bits per heavy atom. The molecule has 0 unspecified atom stereocenters. The molecule has 1 saturated heterocycles. The van der Waals surface area contributed by atoms with Gasteiger partial charge in [-0.05, 0) is 38.2 Å². The molecule has 0 aromatic heterocycles. The zero-order valence-corrected chi connectivity index (χ0v) is 17.2. The lowest BCUT2D eigenvalue weighted by Gasteiger charge is -2.25. The molecule has 0 atom stereocenters. The molecule has 1 aliphatic rings. The molecule has 1 aliphatic heterocycles. The minimum Gasteiger partial charge on any atom is -0.495 e. The van der Waals surface area contributed by atoms with Crippen LogP contribution >= 0.6 is 0 Å². The summed E-state index contributed by atoms with van der Waals surface area (Å²) in [6.07, 6.45) is 0.868. The molecule has 29 heavy (non-hydrogen) atoms. The smallest absolute Gasteiger partial charge is 0.270 e. The van der Waals surface area contributed by atoms with Gasteiger partial charge in [-0.2, -0.15) is 0 Å². The van der Waals surface area contributed by atoms with Crippen LogP contribution in [-0.2, 0) is 10.0 Å². The van der Waals surface area contributed by atoms with Gasteiger partial charge in [0, 0.05) is 31.8 Å². The van der Waals surface area contributed by atoms with Gasteiger partial charge in [-0.15, -0.1) is 0 Å². The Morgan fingerprint density at radius 3 is 2.59 bits per heavy atom. The summed E-state index contributed by atoms with van der Waals surface area (Å²) >= 11 is 0. The van der Waals surface area contributed by atoms with Crippen molar-refractivity contribution >= 4 is 27.1 Å². The SMILES string of the molecule is COc1ccccc1NS(=O)(=O)c1cc([N+](=O)[O-])ccc1N1CCCN(C)CC1. The van der Waals surface area contributed by atoms with Crippen molar-refractivity contribution in [3.8, 4) is 5.75 Å². The van der Waals surface area contributed by atoms with Gasteiger partial charge in [0.15, 0.2) is 0 Å². The Kier molecular flexibility index (Phi) is 6.23. The number of hydrogen-bond donors (Lipinski definition) is 1. The number of non-ortho nitro benzene ring substituents is 1. The number of para-hydroxylation sites is 2. The van der Waals surface area contributed by atoms with Crippen LogP contribution in [0.15, 0.2) is 47.4 Å². The quantitative estimate of drug-likeness (QED) is 0.565. The van der Waals surface area contributed by atoms with Gasteiger partial charge in [0.1, 0.15) is 10.6 Å². The van der Waals surface area contributed by atoms with Gasteiger partial charge in [-0.25, -0.2) is 8.42 Å². The summed E-state index contributed by atoms with van der Waals surface area (Å²) in [5.41, 5.74) is 0.442. The van der Waals surface area contributed by atoms with E-state index >= 15 is 0 Å². The average Bonchev–Trinajstić information content (AvgIpc) is 2.92. The molecule has 9 nitrogen and oxygen atoms in total. The van der Waals surface area contributed by atoms with Gasteiger partial charge >= 0.3 is 0 Å². The summed E-state index contributed by atoms with van der Waals surface area (Å²) in [7, 11) is -0.639. The molecule has 156 valence electrons. The molecular formula is C19H24N4O5S. The van der Waals surface area contributed by atoms with Crippen LogP contribution in [-0.4, -0.2) is 58.6 Å². The number of nitrogens with zero attached hydrogens (tertiary/aromatic N) is 3. The van der Waals surface area contributed by atoms with Crippen LogP contribution in [0.3, 0.4) is 0 Å². The molecule has 0 bridgehead atoms. The molecule has 0 spiro atoms. The number of hydrogen-bond acceptors (Lipinski definition) is 7. The van der Waals surface area contributed by atoms with E-state index in [0.717, 1.165) is 25.6 Å². The number of likely N-dealkylation sites (N-methyl/N-ethyl adjacent to an activating group) is 1. The van der Waals surface area contributed by atoms with Gasteiger partial charge in [0.05, 0.1) is 23.4 Å². The maximum Gasteiger partial charge on any atom is 0.270 e. The number of rotatable bonds is 6. The summed E-state index contributed by atoms with van der Waals surface area (Å²) < 4.78 is 34.2. The van der Waals surface area contributed by atoms with Crippen LogP contribution in [0.25, 0.3) is 0 Å². The standard InChI is InChI=1S/C19H24N4O5S/c1-21-10-5-11-22(13-12-21)17-9-8-15(23(24)25)14-19(17)29(26,27)20-16-6-3-4-7-18(16)28-2/h3-4,6-9,14,20H,5,10-13H2,1-2H3. The van der Waals surface area contributed by atoms with Crippen molar-refractivity contribution in [3.05, 3.63) is 52.6 Å². The second-order valence-electron chi connectivity index (χ2n) is 6.86. The number of benzene rings is 2. The minimum atomic E-state index is -4.10. The number of anilines is 2. The molecule has 0 amide bonds. The normalized spacial score (nSPS) is 15.6. The van der Waals surface area contributed by atoms with Crippen LogP contribution in [0.1, 0.15) is 6.42 Å². The Bertz CT molecular complexity index is 996. The van der Waals surface area contributed by atoms with Crippen molar-refractivity contribution in [2.45, 2.75) is 11.3 Å². The van der Waals surface area contributed by atoms with Crippen molar-refractivity contribution in [1.82, 2.24) is 4.90 Å². The van der Waals surface area contributed by atoms with E-state index in [1.165, 1.54) is 19.2 Å². The third-order valence-electron chi connectivity index (χ3n) is 4.86. The van der Waals surface area contributed by atoms with Crippen LogP contribution in [0.2, 0.25) is 0 Å². The fourth-order valence-electron chi connectivity index (χ4n) is 3.31. The highest BCUT2D eigenvalue weighted by Crippen LogP contribution is 2.33. The summed E-state index contributed by atoms with van der Waals surface area (Å²) in [6.45, 7) is 2.98. The molecule has 0 saturated carbocycles. The third-order valence-corrected chi connectivity index (χ3v) is 6.25. The summed E-state index contributed by atoms with van der Waals surface area (Å²) in [4.78, 5) is 14.7. The summed E-state index contributed by atoms with van der Waals surface area (Å²) in [6, 6.07) is 10.6. The van der Waals surface area contributed by atoms with Gasteiger partial charge in [-0.3, -0.25) is 14.8 Å². The Hall–Kier alpha value is -2.85. The number of nitrogens with one attached hydrogen (secondary N) is 1. The number of ether oxygens (including phenoxy) is 1. The van der Waals surface area contributed by atoms with E-state index in [1.807, 2.05) is 11.9 Å². The molecule has 2 aromatic rings. The molecule has 0 aliphatic carbocycles. The molecule has 3 rings (SSSR count). The number of nitro groups is 1. The second-order valence-corrected chi connectivity index (χ2v) is 8.51. The summed E-state index contributed by atoms with van der Waals surface area (Å²) in [5.74, 6) is 0.361. The lowest BCUT2D eigenvalue weighted by molar-refractivity contribution is -0.385. The van der Waals surface area contributed by atoms with E-state index in [1.54, 1.807) is 24.3 Å². The lowest BCUT2D eigenvalue weighted by atomic mass is 10.2. The summed E-state index contributed by atoms with van der Waals surface area (Å²) in [5, 5.41) is 11.3. The second kappa shape index (κ2) is 8.66. The molecule has 10 heteroatoms. The first-order chi connectivity index (χ1) is 13.8. The van der Waals surface area contributed by atoms with Crippen molar-refractivity contribution in [2.24, 2.45) is 0 Å². The largest absolute Gasteiger partial charge is 0.495 e. The van der Waals surface area contributed by atoms with E-state index in [2.05, 4.69) is 9.62 Å². The zero-order valence-electron chi connectivity index (χ0n) is 16.4. The van der Waals surface area contributed by atoms with Crippen LogP contribution in [0.4, 0.5) is 17.1 Å². The van der Waals surface area contributed by atoms with Crippen LogP contribution in [0, 0.1) is 10.1 Å². The first kappa shape index (κ1) is 20.9. The van der Waals surface area contributed by atoms with Crippen LogP contribution in [0.5, 0.6) is 5.75 Å². The Balaban J connectivity index is 2.05. The maximum absolute atomic E-state index is 13.2. The van der Waals surface area contributed by atoms with Gasteiger partial charge in [-0.1, -0.05) is 12.1 Å². The van der Waals surface area contributed by atoms with Crippen LogP contribution < -0.4 is 14.4 Å². The van der Waals surface area contributed by atoms with E-state index in [9.17, 15) is 18.5 Å². The first-order valence-electron chi connectivity index (χ1n) is 9.19. The number of nitro benzene ring substituents is 1. The van der Waals surface area contributed by atoms with E-state index in [4.69, 9.17) is 4.74 Å². The van der Waals surface area contributed by atoms with Crippen molar-refractivity contribution in [3.63, 3.8) is 0 Å². The van der Waals surface area contributed by atoms with E-state index < -0.39 is 14.9 Å². The average molecular weight is 420 g/mol. The fourth-order valence-corrected chi connectivity index (χ4v) is 4.63. The Labute approximate surface area is 170 Å². The fraction of sp³-hybridized carbons (Fsp3) is 0.368. The Morgan fingerprint density at radius 1 is 1.10 bits per heavy atom. The van der Waals surface area contributed by atoms with Crippen molar-refractivity contribution in [1.29, 1.82) is 0 Å². The molecule has 1 heterocycles. The van der Waals surface area contributed by atoms with Gasteiger partial charge in [0.2, 0.25) is 0 Å². The van der Waals surface area contributed by atoms with Crippen molar-refractivity contribution < 1.29 is 18.1 Å². The van der Waals surface area contributed by atoms with Gasteiger partial charge < -0.3 is 14.5 Å². The van der Waals surface area contributed by atoms with E-state index in [-0.39, 0.29) is 16.3 Å². The number of sulfonamides is 1. The number of methoxy groups -OCH3 is 1. The molecular weight excluding hydrogens is 396 g/mol. The first-order valence-corrected chi connectivity index (χ1v) is 10.7. The van der Waals surface area contributed by atoms with Gasteiger partial charge in [0.25, 0.3) is 15.7 Å². The highest BCUT2D eigenvalue weighted by atomic mass is 32.2. The monoisotopic (exact) mass is 420 g/mol. The molecule has 1 N–H and O–H groups in total. The molecule has 1 fully saturated rings. The highest BCUT2D eigenvalue weighted by Gasteiger charge is 2.27. The zero-order chi connectivity index (χ0) is 21.0. The minimum absolute atomic E-state index is 0.123. The van der Waals surface area contributed by atoms with E-state index in [0.29, 0.717) is 24.5 Å². The maximum atomic E-state index is 13.2. The molecule has 2 aromatic carbocycles. The molecule has 0 radical (unpaired) electrons. The third kappa shape index (κ3) is 4.77. The predicted octanol–water partition coefficient (Wildman–Crippen LogP) is 2.55. The topological polar surface area (TPSA) is 105 Å². The predicted molar refractivity (Wildman–Crippen MR) is 111 cm³/mol. The lowest BCUT2D eigenvalue weighted by Crippen LogP contribution is -2.30. The van der Waals surface area contributed by atoms with Crippen molar-refractivity contribution in [2.75, 3.05) is 50.0 Å².